The van der Waals surface area contributed by atoms with Crippen LogP contribution in [0.4, 0.5) is 0 Å². The largest absolute Gasteiger partial charge is 0.495 e. The molecule has 9 nitrogen and oxygen atoms in total. The fourth-order valence-electron chi connectivity index (χ4n) is 3.60. The predicted octanol–water partition coefficient (Wildman–Crippen LogP) is 4.09. The Morgan fingerprint density at radius 2 is 1.91 bits per heavy atom. The number of carbonyl (C=O) groups excluding carboxylic acids is 1. The van der Waals surface area contributed by atoms with Crippen molar-refractivity contribution in [2.24, 2.45) is 0 Å². The Bertz CT molecular complexity index is 1330. The lowest BCUT2D eigenvalue weighted by Crippen LogP contribution is -2.29. The molecule has 1 aliphatic carbocycles. The van der Waals surface area contributed by atoms with Crippen LogP contribution in [0.2, 0.25) is 10.0 Å². The molecule has 1 amide bonds. The molecule has 0 unspecified atom stereocenters. The van der Waals surface area contributed by atoms with Gasteiger partial charge >= 0.3 is 0 Å². The summed E-state index contributed by atoms with van der Waals surface area (Å²) in [7, 11) is 3.04. The molecule has 0 saturated heterocycles. The van der Waals surface area contributed by atoms with Crippen molar-refractivity contribution in [1.82, 2.24) is 30.3 Å². The van der Waals surface area contributed by atoms with Gasteiger partial charge in [-0.1, -0.05) is 23.2 Å². The highest BCUT2D eigenvalue weighted by molar-refractivity contribution is 6.41. The molecule has 33 heavy (non-hydrogen) atoms. The number of nitrogens with one attached hydrogen (secondary N) is 2. The molecule has 0 spiro atoms. The van der Waals surface area contributed by atoms with E-state index in [-0.39, 0.29) is 12.5 Å². The number of rotatable bonds is 7. The van der Waals surface area contributed by atoms with Crippen molar-refractivity contribution in [2.45, 2.75) is 25.4 Å². The number of hydrogen-bond donors (Lipinski definition) is 2. The van der Waals surface area contributed by atoms with E-state index in [0.717, 1.165) is 29.3 Å². The third kappa shape index (κ3) is 4.09. The normalized spacial score (nSPS) is 13.3. The quantitative estimate of drug-likeness (QED) is 0.407. The predicted molar refractivity (Wildman–Crippen MR) is 125 cm³/mol. The van der Waals surface area contributed by atoms with Crippen LogP contribution in [-0.2, 0) is 11.3 Å². The zero-order valence-corrected chi connectivity index (χ0v) is 19.4. The van der Waals surface area contributed by atoms with E-state index in [4.69, 9.17) is 32.7 Å². The molecule has 0 radical (unpaired) electrons. The van der Waals surface area contributed by atoms with E-state index in [1.54, 1.807) is 29.3 Å². The summed E-state index contributed by atoms with van der Waals surface area (Å²) in [5.74, 6) is 0.810. The number of fused-ring (bicyclic) bond motifs is 1. The second kappa shape index (κ2) is 8.57. The number of methoxy groups -OCH3 is 2. The van der Waals surface area contributed by atoms with Gasteiger partial charge < -0.3 is 14.8 Å². The summed E-state index contributed by atoms with van der Waals surface area (Å²) >= 11 is 13.1. The van der Waals surface area contributed by atoms with Gasteiger partial charge in [-0.25, -0.2) is 0 Å². The summed E-state index contributed by atoms with van der Waals surface area (Å²) < 4.78 is 12.3. The van der Waals surface area contributed by atoms with Gasteiger partial charge in [0.25, 0.3) is 0 Å². The van der Waals surface area contributed by atoms with Gasteiger partial charge in [0.1, 0.15) is 23.7 Å². The highest BCUT2D eigenvalue weighted by Crippen LogP contribution is 2.45. The Hall–Kier alpha value is -3.30. The molecule has 1 aromatic carbocycles. The monoisotopic (exact) mass is 486 g/mol. The third-order valence-electron chi connectivity index (χ3n) is 5.43. The lowest BCUT2D eigenvalue weighted by atomic mass is 10.1. The highest BCUT2D eigenvalue weighted by Gasteiger charge is 2.24. The summed E-state index contributed by atoms with van der Waals surface area (Å²) in [6.45, 7) is 0.163. The van der Waals surface area contributed by atoms with E-state index in [9.17, 15) is 4.79 Å². The molecule has 5 rings (SSSR count). The number of aromatic amines is 1. The van der Waals surface area contributed by atoms with Crippen molar-refractivity contribution >= 4 is 40.0 Å². The number of H-pyrrole nitrogens is 1. The molecule has 3 heterocycles. The van der Waals surface area contributed by atoms with Crippen LogP contribution in [0.25, 0.3) is 33.4 Å². The lowest BCUT2D eigenvalue weighted by molar-refractivity contribution is -0.122. The Morgan fingerprint density at radius 3 is 2.58 bits per heavy atom. The van der Waals surface area contributed by atoms with Crippen molar-refractivity contribution < 1.29 is 14.3 Å². The molecule has 0 aliphatic heterocycles. The Labute approximate surface area is 199 Å². The Morgan fingerprint density at radius 1 is 1.18 bits per heavy atom. The molecule has 2 N–H and O–H groups in total. The lowest BCUT2D eigenvalue weighted by Gasteiger charge is -2.14. The summed E-state index contributed by atoms with van der Waals surface area (Å²) in [5.41, 5.74) is 3.23. The third-order valence-corrected chi connectivity index (χ3v) is 6.18. The van der Waals surface area contributed by atoms with Crippen LogP contribution in [0.5, 0.6) is 11.5 Å². The number of hydrogen-bond acceptors (Lipinski definition) is 6. The van der Waals surface area contributed by atoms with Crippen molar-refractivity contribution in [3.63, 3.8) is 0 Å². The van der Waals surface area contributed by atoms with Crippen molar-refractivity contribution in [2.75, 3.05) is 14.2 Å². The molecule has 0 bridgehead atoms. The summed E-state index contributed by atoms with van der Waals surface area (Å²) in [6.07, 6.45) is 7.25. The minimum Gasteiger partial charge on any atom is -0.495 e. The van der Waals surface area contributed by atoms with Gasteiger partial charge in [0.05, 0.1) is 41.7 Å². The minimum atomic E-state index is -0.0483. The maximum atomic E-state index is 12.0. The molecular formula is C22H20Cl2N6O3. The van der Waals surface area contributed by atoms with Crippen molar-refractivity contribution in [3.8, 4) is 34.0 Å². The first-order valence-electron chi connectivity index (χ1n) is 10.2. The van der Waals surface area contributed by atoms with Crippen LogP contribution in [0.3, 0.4) is 0 Å². The van der Waals surface area contributed by atoms with Crippen molar-refractivity contribution in [1.29, 1.82) is 0 Å². The summed E-state index contributed by atoms with van der Waals surface area (Å²) in [6, 6.07) is 3.75. The van der Waals surface area contributed by atoms with E-state index < -0.39 is 0 Å². The standard InChI is InChI=1S/C22H20Cl2N6O3/c1-32-16-6-17(33-2)21(24)19(20(16)23)15-5-14-13(8-25-15)22(29-28-14)11-7-26-30(9-11)10-18(31)27-12-3-4-12/h5-9,12H,3-4,10H2,1-2H3,(H,27,31)(H,28,29). The van der Waals surface area contributed by atoms with Gasteiger partial charge in [-0.15, -0.1) is 0 Å². The Balaban J connectivity index is 1.47. The molecule has 11 heteroatoms. The number of amides is 1. The van der Waals surface area contributed by atoms with E-state index in [1.165, 1.54) is 14.2 Å². The number of aromatic nitrogens is 5. The van der Waals surface area contributed by atoms with Gasteiger partial charge in [-0.2, -0.15) is 10.2 Å². The maximum Gasteiger partial charge on any atom is 0.241 e. The first kappa shape index (κ1) is 21.5. The number of nitrogens with zero attached hydrogens (tertiary/aromatic N) is 4. The first-order chi connectivity index (χ1) is 16.0. The van der Waals surface area contributed by atoms with Crippen LogP contribution in [0, 0.1) is 0 Å². The van der Waals surface area contributed by atoms with Gasteiger partial charge in [-0.05, 0) is 18.9 Å². The number of carbonyl (C=O) groups is 1. The van der Waals surface area contributed by atoms with Crippen LogP contribution in [0.1, 0.15) is 12.8 Å². The topological polar surface area (TPSA) is 107 Å². The number of halogens is 2. The number of pyridine rings is 1. The second-order valence-electron chi connectivity index (χ2n) is 7.74. The average molecular weight is 487 g/mol. The summed E-state index contributed by atoms with van der Waals surface area (Å²) in [5, 5.41) is 16.2. The van der Waals surface area contributed by atoms with Gasteiger partial charge in [0.2, 0.25) is 5.91 Å². The molecule has 1 fully saturated rings. The second-order valence-corrected chi connectivity index (χ2v) is 8.50. The fourth-order valence-corrected chi connectivity index (χ4v) is 4.30. The number of benzene rings is 1. The van der Waals surface area contributed by atoms with Crippen LogP contribution < -0.4 is 14.8 Å². The molecule has 0 atom stereocenters. The van der Waals surface area contributed by atoms with E-state index in [0.29, 0.717) is 44.5 Å². The molecule has 170 valence electrons. The van der Waals surface area contributed by atoms with Gasteiger partial charge in [0, 0.05) is 41.0 Å². The van der Waals surface area contributed by atoms with Gasteiger partial charge in [0.15, 0.2) is 0 Å². The summed E-state index contributed by atoms with van der Waals surface area (Å²) in [4.78, 5) is 16.6. The molecule has 4 aromatic rings. The average Bonchev–Trinajstić information content (AvgIpc) is 3.32. The van der Waals surface area contributed by atoms with E-state index in [2.05, 4.69) is 25.6 Å². The SMILES string of the molecule is COc1cc(OC)c(Cl)c(-c2cc3[nH]nc(-c4cnn(CC(=O)NC5CC5)c4)c3cn2)c1Cl. The highest BCUT2D eigenvalue weighted by atomic mass is 35.5. The molecule has 1 aliphatic rings. The minimum absolute atomic E-state index is 0.0483. The van der Waals surface area contributed by atoms with E-state index >= 15 is 0 Å². The maximum absolute atomic E-state index is 12.0. The van der Waals surface area contributed by atoms with Crippen molar-refractivity contribution in [3.05, 3.63) is 40.8 Å². The van der Waals surface area contributed by atoms with Crippen LogP contribution >= 0.6 is 23.2 Å². The molecule has 3 aromatic heterocycles. The molecular weight excluding hydrogens is 467 g/mol. The van der Waals surface area contributed by atoms with E-state index in [1.807, 2.05) is 6.07 Å². The first-order valence-corrected chi connectivity index (χ1v) is 11.0. The zero-order chi connectivity index (χ0) is 23.1. The zero-order valence-electron chi connectivity index (χ0n) is 17.9. The number of ether oxygens (including phenoxy) is 2. The molecule has 1 saturated carbocycles. The van der Waals surface area contributed by atoms with Crippen LogP contribution in [-0.4, -0.2) is 51.1 Å². The Kier molecular flexibility index (Phi) is 5.59. The van der Waals surface area contributed by atoms with Crippen LogP contribution in [0.15, 0.2) is 30.7 Å². The smallest absolute Gasteiger partial charge is 0.241 e. The van der Waals surface area contributed by atoms with Gasteiger partial charge in [-0.3, -0.25) is 19.6 Å². The fraction of sp³-hybridized carbons (Fsp3) is 0.273.